The first-order valence-electron chi connectivity index (χ1n) is 9.00. The Kier molecular flexibility index (Phi) is 8.11. The summed E-state index contributed by atoms with van der Waals surface area (Å²) in [6.45, 7) is 3.85. The van der Waals surface area contributed by atoms with Crippen molar-refractivity contribution < 1.29 is 22.7 Å². The fraction of sp³-hybridized carbons (Fsp3) is 0.300. The Morgan fingerprint density at radius 3 is 2.33 bits per heavy atom. The van der Waals surface area contributed by atoms with Crippen LogP contribution >= 0.6 is 23.2 Å². The van der Waals surface area contributed by atoms with Crippen LogP contribution in [0.1, 0.15) is 24.2 Å². The first-order valence-corrected chi connectivity index (χ1v) is 11.2. The standard InChI is InChI=1S/C20H22Cl2N2O5S/c1-13(2)11-23-19(25)12-29-20(26)14-4-9-17(22)18(10-14)30(27,28)24(3)16-7-5-15(21)6-8-16/h4-10,13H,11-12H2,1-3H3,(H,23,25). The lowest BCUT2D eigenvalue weighted by molar-refractivity contribution is -0.124. The van der Waals surface area contributed by atoms with Crippen molar-refractivity contribution in [2.75, 3.05) is 24.5 Å². The molecule has 30 heavy (non-hydrogen) atoms. The predicted molar refractivity (Wildman–Crippen MR) is 117 cm³/mol. The smallest absolute Gasteiger partial charge is 0.338 e. The number of halogens is 2. The number of rotatable bonds is 8. The summed E-state index contributed by atoms with van der Waals surface area (Å²) in [4.78, 5) is 23.7. The molecule has 0 aliphatic carbocycles. The molecule has 0 saturated heterocycles. The fourth-order valence-electron chi connectivity index (χ4n) is 2.35. The third kappa shape index (κ3) is 6.10. The third-order valence-corrected chi connectivity index (χ3v) is 6.56. The summed E-state index contributed by atoms with van der Waals surface area (Å²) >= 11 is 11.9. The molecule has 0 aromatic heterocycles. The monoisotopic (exact) mass is 472 g/mol. The van der Waals surface area contributed by atoms with E-state index in [1.165, 1.54) is 19.2 Å². The van der Waals surface area contributed by atoms with E-state index in [1.807, 2.05) is 13.8 Å². The maximum Gasteiger partial charge on any atom is 0.338 e. The van der Waals surface area contributed by atoms with Gasteiger partial charge in [-0.2, -0.15) is 0 Å². The summed E-state index contributed by atoms with van der Waals surface area (Å²) in [6.07, 6.45) is 0. The molecule has 2 aromatic rings. The second-order valence-electron chi connectivity index (χ2n) is 6.87. The second kappa shape index (κ2) is 10.1. The van der Waals surface area contributed by atoms with Crippen molar-refractivity contribution in [1.82, 2.24) is 5.32 Å². The molecular weight excluding hydrogens is 451 g/mol. The fourth-order valence-corrected chi connectivity index (χ4v) is 4.17. The lowest BCUT2D eigenvalue weighted by atomic mass is 10.2. The average molecular weight is 473 g/mol. The number of nitrogens with one attached hydrogen (secondary N) is 1. The Hall–Kier alpha value is -2.29. The maximum absolute atomic E-state index is 13.0. The predicted octanol–water partition coefficient (Wildman–Crippen LogP) is 3.75. The lowest BCUT2D eigenvalue weighted by Crippen LogP contribution is -2.31. The molecule has 0 bridgehead atoms. The van der Waals surface area contributed by atoms with E-state index < -0.39 is 28.5 Å². The van der Waals surface area contributed by atoms with Crippen molar-refractivity contribution in [1.29, 1.82) is 0 Å². The van der Waals surface area contributed by atoms with Crippen molar-refractivity contribution in [3.05, 3.63) is 58.1 Å². The number of amides is 1. The van der Waals surface area contributed by atoms with Gasteiger partial charge in [0, 0.05) is 18.6 Å². The van der Waals surface area contributed by atoms with Gasteiger partial charge in [-0.05, 0) is 48.4 Å². The SMILES string of the molecule is CC(C)CNC(=O)COC(=O)c1ccc(Cl)c(S(=O)(=O)N(C)c2ccc(Cl)cc2)c1. The normalized spacial score (nSPS) is 11.3. The second-order valence-corrected chi connectivity index (χ2v) is 9.65. The van der Waals surface area contributed by atoms with E-state index in [0.717, 1.165) is 10.4 Å². The zero-order valence-corrected chi connectivity index (χ0v) is 19.0. The van der Waals surface area contributed by atoms with Crippen molar-refractivity contribution in [3.8, 4) is 0 Å². The van der Waals surface area contributed by atoms with Crippen LogP contribution in [0, 0.1) is 5.92 Å². The quantitative estimate of drug-likeness (QED) is 0.590. The van der Waals surface area contributed by atoms with E-state index in [4.69, 9.17) is 27.9 Å². The van der Waals surface area contributed by atoms with Crippen LogP contribution in [0.25, 0.3) is 0 Å². The summed E-state index contributed by atoms with van der Waals surface area (Å²) in [5.41, 5.74) is 0.324. The number of carbonyl (C=O) groups is 2. The molecule has 0 saturated carbocycles. The Bertz CT molecular complexity index is 1020. The van der Waals surface area contributed by atoms with Crippen LogP contribution in [0.3, 0.4) is 0 Å². The molecule has 0 atom stereocenters. The van der Waals surface area contributed by atoms with Gasteiger partial charge in [-0.3, -0.25) is 9.10 Å². The van der Waals surface area contributed by atoms with Crippen molar-refractivity contribution in [2.24, 2.45) is 5.92 Å². The molecule has 0 heterocycles. The van der Waals surface area contributed by atoms with E-state index in [1.54, 1.807) is 24.3 Å². The number of esters is 1. The molecule has 0 aliphatic heterocycles. The summed E-state index contributed by atoms with van der Waals surface area (Å²) in [7, 11) is -2.71. The first kappa shape index (κ1) is 24.0. The number of hydrogen-bond donors (Lipinski definition) is 1. The van der Waals surface area contributed by atoms with Gasteiger partial charge in [0.1, 0.15) is 4.90 Å². The van der Waals surface area contributed by atoms with Gasteiger partial charge in [-0.25, -0.2) is 13.2 Å². The molecule has 0 fully saturated rings. The Balaban J connectivity index is 2.20. The van der Waals surface area contributed by atoms with Gasteiger partial charge < -0.3 is 10.1 Å². The molecule has 1 N–H and O–H groups in total. The van der Waals surface area contributed by atoms with E-state index in [9.17, 15) is 18.0 Å². The van der Waals surface area contributed by atoms with Crippen molar-refractivity contribution in [3.63, 3.8) is 0 Å². The number of ether oxygens (including phenoxy) is 1. The van der Waals surface area contributed by atoms with Gasteiger partial charge in [0.15, 0.2) is 6.61 Å². The molecule has 0 radical (unpaired) electrons. The lowest BCUT2D eigenvalue weighted by Gasteiger charge is -2.20. The highest BCUT2D eigenvalue weighted by molar-refractivity contribution is 7.93. The van der Waals surface area contributed by atoms with Crippen LogP contribution in [0.4, 0.5) is 5.69 Å². The minimum atomic E-state index is -4.07. The highest BCUT2D eigenvalue weighted by atomic mass is 35.5. The highest BCUT2D eigenvalue weighted by Crippen LogP contribution is 2.29. The van der Waals surface area contributed by atoms with Crippen LogP contribution in [0.5, 0.6) is 0 Å². The van der Waals surface area contributed by atoms with Crippen LogP contribution < -0.4 is 9.62 Å². The molecular formula is C20H22Cl2N2O5S. The Morgan fingerprint density at radius 2 is 1.73 bits per heavy atom. The summed E-state index contributed by atoms with van der Waals surface area (Å²) in [5.74, 6) is -1.02. The Morgan fingerprint density at radius 1 is 1.10 bits per heavy atom. The topological polar surface area (TPSA) is 92.8 Å². The number of benzene rings is 2. The van der Waals surface area contributed by atoms with E-state index in [2.05, 4.69) is 5.32 Å². The molecule has 0 spiro atoms. The van der Waals surface area contributed by atoms with Gasteiger partial charge in [0.2, 0.25) is 0 Å². The molecule has 1 amide bonds. The minimum absolute atomic E-state index is 0.0425. The molecule has 162 valence electrons. The van der Waals surface area contributed by atoms with Gasteiger partial charge in [0.05, 0.1) is 16.3 Å². The molecule has 2 rings (SSSR count). The zero-order valence-electron chi connectivity index (χ0n) is 16.7. The van der Waals surface area contributed by atoms with E-state index >= 15 is 0 Å². The summed E-state index contributed by atoms with van der Waals surface area (Å²) < 4.78 is 32.0. The van der Waals surface area contributed by atoms with Crippen LogP contribution in [-0.4, -0.2) is 40.5 Å². The molecule has 7 nitrogen and oxygen atoms in total. The van der Waals surface area contributed by atoms with Crippen LogP contribution in [0.2, 0.25) is 10.0 Å². The number of nitrogens with zero attached hydrogens (tertiary/aromatic N) is 1. The summed E-state index contributed by atoms with van der Waals surface area (Å²) in [5, 5.41) is 3.03. The van der Waals surface area contributed by atoms with E-state index in [0.29, 0.717) is 17.3 Å². The molecule has 0 unspecified atom stereocenters. The highest BCUT2D eigenvalue weighted by Gasteiger charge is 2.26. The Labute approximate surface area is 186 Å². The number of sulfonamides is 1. The molecule has 10 heteroatoms. The zero-order chi connectivity index (χ0) is 22.5. The third-order valence-electron chi connectivity index (χ3n) is 4.04. The van der Waals surface area contributed by atoms with Gasteiger partial charge >= 0.3 is 5.97 Å². The average Bonchev–Trinajstić information content (AvgIpc) is 2.70. The first-order chi connectivity index (χ1) is 14.0. The van der Waals surface area contributed by atoms with Gasteiger partial charge in [-0.15, -0.1) is 0 Å². The largest absolute Gasteiger partial charge is 0.452 e. The number of anilines is 1. The maximum atomic E-state index is 13.0. The van der Waals surface area contributed by atoms with Crippen LogP contribution in [0.15, 0.2) is 47.4 Å². The van der Waals surface area contributed by atoms with Crippen LogP contribution in [-0.2, 0) is 19.6 Å². The number of hydrogen-bond acceptors (Lipinski definition) is 5. The molecule has 0 aliphatic rings. The summed E-state index contributed by atoms with van der Waals surface area (Å²) in [6, 6.07) is 9.95. The molecule has 2 aromatic carbocycles. The number of carbonyl (C=O) groups excluding carboxylic acids is 2. The van der Waals surface area contributed by atoms with Gasteiger partial charge in [-0.1, -0.05) is 37.0 Å². The minimum Gasteiger partial charge on any atom is -0.452 e. The van der Waals surface area contributed by atoms with Crippen molar-refractivity contribution in [2.45, 2.75) is 18.7 Å². The van der Waals surface area contributed by atoms with E-state index in [-0.39, 0.29) is 21.4 Å². The van der Waals surface area contributed by atoms with Gasteiger partial charge in [0.25, 0.3) is 15.9 Å². The van der Waals surface area contributed by atoms with Crippen molar-refractivity contribution >= 4 is 50.8 Å².